The van der Waals surface area contributed by atoms with Crippen LogP contribution in [-0.2, 0) is 6.54 Å². The molecular weight excluding hydrogens is 300 g/mol. The molecule has 0 aliphatic heterocycles. The number of aryl methyl sites for hydroxylation is 1. The Balaban J connectivity index is 2.16. The zero-order chi connectivity index (χ0) is 13.1. The van der Waals surface area contributed by atoms with E-state index < -0.39 is 0 Å². The molecule has 1 N–H and O–H groups in total. The summed E-state index contributed by atoms with van der Waals surface area (Å²) in [5.74, 6) is -0.614. The molecule has 18 heavy (non-hydrogen) atoms. The monoisotopic (exact) mass is 311 g/mol. The first-order valence-corrected chi connectivity index (χ1v) is 6.29. The van der Waals surface area contributed by atoms with Crippen LogP contribution in [0, 0.1) is 18.6 Å². The summed E-state index contributed by atoms with van der Waals surface area (Å²) in [6.07, 6.45) is 0. The van der Waals surface area contributed by atoms with Gasteiger partial charge in [-0.25, -0.2) is 8.78 Å². The number of nitrogens with one attached hydrogen (secondary N) is 1. The topological polar surface area (TPSA) is 12.0 Å². The molecule has 4 heteroatoms. The molecule has 1 nitrogen and oxygen atoms in total. The van der Waals surface area contributed by atoms with Gasteiger partial charge in [0, 0.05) is 11.0 Å². The summed E-state index contributed by atoms with van der Waals surface area (Å²) in [6.45, 7) is 2.20. The van der Waals surface area contributed by atoms with E-state index in [-0.39, 0.29) is 11.6 Å². The predicted octanol–water partition coefficient (Wildman–Crippen LogP) is 4.65. The Bertz CT molecular complexity index is 529. The second-order valence-corrected chi connectivity index (χ2v) is 4.98. The van der Waals surface area contributed by atoms with Gasteiger partial charge in [-0.15, -0.1) is 0 Å². The van der Waals surface area contributed by atoms with Crippen molar-refractivity contribution in [1.29, 1.82) is 0 Å². The average molecular weight is 312 g/mol. The third-order valence-corrected chi connectivity index (χ3v) is 3.07. The van der Waals surface area contributed by atoms with Gasteiger partial charge in [0.1, 0.15) is 11.6 Å². The maximum atomic E-state index is 13.6. The summed E-state index contributed by atoms with van der Waals surface area (Å²) in [7, 11) is 0. The fourth-order valence-electron chi connectivity index (χ4n) is 1.76. The van der Waals surface area contributed by atoms with Gasteiger partial charge in [-0.05, 0) is 42.3 Å². The first kappa shape index (κ1) is 13.0. The molecule has 0 aliphatic rings. The van der Waals surface area contributed by atoms with Crippen molar-refractivity contribution in [2.75, 3.05) is 5.32 Å². The predicted molar refractivity (Wildman–Crippen MR) is 72.6 cm³/mol. The van der Waals surface area contributed by atoms with Crippen LogP contribution in [0.4, 0.5) is 14.5 Å². The number of halogens is 3. The quantitative estimate of drug-likeness (QED) is 0.870. The number of benzene rings is 2. The van der Waals surface area contributed by atoms with Crippen molar-refractivity contribution in [3.63, 3.8) is 0 Å². The zero-order valence-corrected chi connectivity index (χ0v) is 11.4. The van der Waals surface area contributed by atoms with E-state index in [4.69, 9.17) is 0 Å². The van der Waals surface area contributed by atoms with Crippen molar-refractivity contribution in [2.24, 2.45) is 0 Å². The Morgan fingerprint density at radius 3 is 2.61 bits per heavy atom. The van der Waals surface area contributed by atoms with Crippen LogP contribution < -0.4 is 5.32 Å². The molecule has 0 atom stereocenters. The highest BCUT2D eigenvalue weighted by Crippen LogP contribution is 2.21. The van der Waals surface area contributed by atoms with Crippen molar-refractivity contribution >= 4 is 21.6 Å². The average Bonchev–Trinajstić information content (AvgIpc) is 2.27. The summed E-state index contributed by atoms with van der Waals surface area (Å²) in [6, 6.07) is 9.50. The SMILES string of the molecule is Cc1cccc(F)c1NCc1cc(F)cc(Br)c1. The Kier molecular flexibility index (Phi) is 3.97. The number of hydrogen-bond acceptors (Lipinski definition) is 1. The summed E-state index contributed by atoms with van der Waals surface area (Å²) >= 11 is 3.23. The third-order valence-electron chi connectivity index (χ3n) is 2.61. The first-order valence-electron chi connectivity index (χ1n) is 5.50. The van der Waals surface area contributed by atoms with E-state index >= 15 is 0 Å². The lowest BCUT2D eigenvalue weighted by molar-refractivity contribution is 0.624. The molecule has 0 unspecified atom stereocenters. The molecule has 0 fully saturated rings. The van der Waals surface area contributed by atoms with E-state index in [9.17, 15) is 8.78 Å². The molecule has 0 amide bonds. The molecule has 0 heterocycles. The van der Waals surface area contributed by atoms with Gasteiger partial charge in [-0.3, -0.25) is 0 Å². The minimum atomic E-state index is -0.313. The van der Waals surface area contributed by atoms with Gasteiger partial charge < -0.3 is 5.32 Å². The van der Waals surface area contributed by atoms with Gasteiger partial charge in [-0.1, -0.05) is 28.1 Å². The van der Waals surface area contributed by atoms with Gasteiger partial charge in [0.2, 0.25) is 0 Å². The van der Waals surface area contributed by atoms with Gasteiger partial charge >= 0.3 is 0 Å². The van der Waals surface area contributed by atoms with Crippen LogP contribution in [-0.4, -0.2) is 0 Å². The molecule has 0 bridgehead atoms. The smallest absolute Gasteiger partial charge is 0.146 e. The van der Waals surface area contributed by atoms with Crippen LogP contribution in [0.25, 0.3) is 0 Å². The van der Waals surface area contributed by atoms with Crippen LogP contribution in [0.5, 0.6) is 0 Å². The normalized spacial score (nSPS) is 10.4. The summed E-state index contributed by atoms with van der Waals surface area (Å²) in [5, 5.41) is 2.99. The van der Waals surface area contributed by atoms with Crippen molar-refractivity contribution in [2.45, 2.75) is 13.5 Å². The second-order valence-electron chi connectivity index (χ2n) is 4.06. The molecule has 2 rings (SSSR count). The molecule has 0 saturated carbocycles. The molecule has 0 saturated heterocycles. The molecular formula is C14H12BrF2N. The van der Waals surface area contributed by atoms with E-state index in [0.29, 0.717) is 16.7 Å². The summed E-state index contributed by atoms with van der Waals surface area (Å²) in [4.78, 5) is 0. The third kappa shape index (κ3) is 3.07. The summed E-state index contributed by atoms with van der Waals surface area (Å²) < 4.78 is 27.4. The number of para-hydroxylation sites is 1. The minimum absolute atomic E-state index is 0.300. The van der Waals surface area contributed by atoms with E-state index in [2.05, 4.69) is 21.2 Å². The molecule has 0 aliphatic carbocycles. The Labute approximate surface area is 113 Å². The highest BCUT2D eigenvalue weighted by Gasteiger charge is 2.05. The largest absolute Gasteiger partial charge is 0.378 e. The number of anilines is 1. The van der Waals surface area contributed by atoms with Gasteiger partial charge in [0.15, 0.2) is 0 Å². The second kappa shape index (κ2) is 5.48. The molecule has 0 spiro atoms. The van der Waals surface area contributed by atoms with Crippen LogP contribution in [0.3, 0.4) is 0 Å². The van der Waals surface area contributed by atoms with E-state index in [1.807, 2.05) is 13.0 Å². The van der Waals surface area contributed by atoms with Crippen molar-refractivity contribution in [1.82, 2.24) is 0 Å². The maximum Gasteiger partial charge on any atom is 0.146 e. The van der Waals surface area contributed by atoms with Gasteiger partial charge in [0.05, 0.1) is 5.69 Å². The van der Waals surface area contributed by atoms with Crippen molar-refractivity contribution in [3.05, 3.63) is 63.6 Å². The summed E-state index contributed by atoms with van der Waals surface area (Å²) in [5.41, 5.74) is 2.04. The fraction of sp³-hybridized carbons (Fsp3) is 0.143. The Morgan fingerprint density at radius 1 is 1.17 bits per heavy atom. The fourth-order valence-corrected chi connectivity index (χ4v) is 2.27. The standard InChI is InChI=1S/C14H12BrF2N/c1-9-3-2-4-13(17)14(9)18-8-10-5-11(15)7-12(16)6-10/h2-7,18H,8H2,1H3. The first-order chi connectivity index (χ1) is 8.56. The lowest BCUT2D eigenvalue weighted by Gasteiger charge is -2.11. The van der Waals surface area contributed by atoms with Crippen LogP contribution >= 0.6 is 15.9 Å². The highest BCUT2D eigenvalue weighted by molar-refractivity contribution is 9.10. The molecule has 0 aromatic heterocycles. The lowest BCUT2D eigenvalue weighted by atomic mass is 10.1. The maximum absolute atomic E-state index is 13.6. The van der Waals surface area contributed by atoms with E-state index in [1.165, 1.54) is 18.2 Å². The number of rotatable bonds is 3. The van der Waals surface area contributed by atoms with E-state index in [1.54, 1.807) is 12.1 Å². The van der Waals surface area contributed by atoms with Crippen LogP contribution in [0.15, 0.2) is 40.9 Å². The van der Waals surface area contributed by atoms with Crippen molar-refractivity contribution < 1.29 is 8.78 Å². The lowest BCUT2D eigenvalue weighted by Crippen LogP contribution is -2.03. The Hall–Kier alpha value is -1.42. The van der Waals surface area contributed by atoms with Crippen molar-refractivity contribution in [3.8, 4) is 0 Å². The molecule has 2 aromatic rings. The Morgan fingerprint density at radius 2 is 1.94 bits per heavy atom. The number of hydrogen-bond donors (Lipinski definition) is 1. The van der Waals surface area contributed by atoms with Gasteiger partial charge in [-0.2, -0.15) is 0 Å². The molecule has 0 radical (unpaired) electrons. The molecule has 2 aromatic carbocycles. The van der Waals surface area contributed by atoms with Gasteiger partial charge in [0.25, 0.3) is 0 Å². The van der Waals surface area contributed by atoms with Crippen LogP contribution in [0.1, 0.15) is 11.1 Å². The highest BCUT2D eigenvalue weighted by atomic mass is 79.9. The van der Waals surface area contributed by atoms with Crippen LogP contribution in [0.2, 0.25) is 0 Å². The molecule has 94 valence electrons. The van der Waals surface area contributed by atoms with E-state index in [0.717, 1.165) is 11.1 Å². The zero-order valence-electron chi connectivity index (χ0n) is 9.81. The minimum Gasteiger partial charge on any atom is -0.378 e.